The van der Waals surface area contributed by atoms with Gasteiger partial charge in [0.15, 0.2) is 5.06 Å². The molecule has 158 valence electrons. The second kappa shape index (κ2) is 10.1. The summed E-state index contributed by atoms with van der Waals surface area (Å²) >= 11 is 1.47. The van der Waals surface area contributed by atoms with Gasteiger partial charge in [0.1, 0.15) is 0 Å². The topological polar surface area (TPSA) is 62.4 Å². The molecule has 1 aliphatic rings. The van der Waals surface area contributed by atoms with E-state index in [4.69, 9.17) is 4.74 Å². The number of carbonyl (C=O) groups is 1. The van der Waals surface area contributed by atoms with Gasteiger partial charge in [-0.1, -0.05) is 47.7 Å². The number of hydrogen-bond acceptors (Lipinski definition) is 5. The van der Waals surface area contributed by atoms with E-state index in [9.17, 15) is 4.79 Å². The lowest BCUT2D eigenvalue weighted by molar-refractivity contribution is 0.216. The van der Waals surface area contributed by atoms with Crippen molar-refractivity contribution in [3.63, 3.8) is 0 Å². The largest absolute Gasteiger partial charge is 0.417 e. The number of piperidine rings is 1. The number of para-hydroxylation sites is 1. The van der Waals surface area contributed by atoms with Crippen molar-refractivity contribution in [2.45, 2.75) is 38.8 Å². The van der Waals surface area contributed by atoms with Crippen molar-refractivity contribution in [2.24, 2.45) is 5.92 Å². The maximum absolute atomic E-state index is 12.5. The Hall–Kier alpha value is -2.41. The van der Waals surface area contributed by atoms with Crippen molar-refractivity contribution in [1.29, 1.82) is 0 Å². The van der Waals surface area contributed by atoms with E-state index in [0.717, 1.165) is 40.3 Å². The Bertz CT molecular complexity index is 948. The van der Waals surface area contributed by atoms with Gasteiger partial charge in [0, 0.05) is 29.0 Å². The van der Waals surface area contributed by atoms with Crippen molar-refractivity contribution < 1.29 is 9.53 Å². The maximum Gasteiger partial charge on any atom is 0.417 e. The van der Waals surface area contributed by atoms with Gasteiger partial charge in [-0.3, -0.25) is 5.32 Å². The highest BCUT2D eigenvalue weighted by Crippen LogP contribution is 2.31. The molecule has 0 spiro atoms. The molecule has 6 heteroatoms. The zero-order valence-electron chi connectivity index (χ0n) is 17.3. The average Bonchev–Trinajstić information content (AvgIpc) is 3.16. The quantitative estimate of drug-likeness (QED) is 0.477. The van der Waals surface area contributed by atoms with Gasteiger partial charge in [0.25, 0.3) is 0 Å². The molecule has 30 heavy (non-hydrogen) atoms. The molecule has 1 aliphatic heterocycles. The second-order valence-electron chi connectivity index (χ2n) is 7.99. The van der Waals surface area contributed by atoms with Crippen LogP contribution in [0, 0.1) is 5.92 Å². The lowest BCUT2D eigenvalue weighted by Gasteiger charge is -2.26. The molecular weight excluding hydrogens is 394 g/mol. The number of carbonyl (C=O) groups excluding carboxylic acids is 1. The summed E-state index contributed by atoms with van der Waals surface area (Å²) in [6.07, 6.45) is 3.24. The van der Waals surface area contributed by atoms with Gasteiger partial charge >= 0.3 is 6.09 Å². The van der Waals surface area contributed by atoms with E-state index in [1.165, 1.54) is 30.6 Å². The van der Waals surface area contributed by atoms with Gasteiger partial charge in [0.2, 0.25) is 0 Å². The maximum atomic E-state index is 12.5. The van der Waals surface area contributed by atoms with Crippen molar-refractivity contribution in [1.82, 2.24) is 10.6 Å². The van der Waals surface area contributed by atoms with E-state index >= 15 is 0 Å². The van der Waals surface area contributed by atoms with Crippen molar-refractivity contribution >= 4 is 33.2 Å². The fourth-order valence-electron chi connectivity index (χ4n) is 4.02. The molecule has 1 fully saturated rings. The van der Waals surface area contributed by atoms with E-state index in [1.807, 2.05) is 54.6 Å². The van der Waals surface area contributed by atoms with Crippen LogP contribution in [0.5, 0.6) is 5.06 Å². The zero-order valence-corrected chi connectivity index (χ0v) is 18.1. The molecular formula is C24H29N3O2S. The van der Waals surface area contributed by atoms with Gasteiger partial charge in [0.05, 0.1) is 0 Å². The average molecular weight is 424 g/mol. The van der Waals surface area contributed by atoms with Crippen LogP contribution in [0.3, 0.4) is 0 Å². The van der Waals surface area contributed by atoms with E-state index < -0.39 is 6.09 Å². The summed E-state index contributed by atoms with van der Waals surface area (Å²) in [5, 5.41) is 11.6. The lowest BCUT2D eigenvalue weighted by Crippen LogP contribution is -2.33. The number of amides is 1. The van der Waals surface area contributed by atoms with Crippen molar-refractivity contribution in [2.75, 3.05) is 18.4 Å². The highest BCUT2D eigenvalue weighted by molar-refractivity contribution is 7.20. The SMILES string of the molecule is CC(CC1CCNCC1)NCc1ccccc1NC(=O)Oc1cc2ccccc2s1. The Morgan fingerprint density at radius 1 is 1.17 bits per heavy atom. The summed E-state index contributed by atoms with van der Waals surface area (Å²) in [6.45, 7) is 5.22. The van der Waals surface area contributed by atoms with Crippen molar-refractivity contribution in [3.05, 3.63) is 60.2 Å². The molecule has 1 unspecified atom stereocenters. The number of rotatable bonds is 7. The summed E-state index contributed by atoms with van der Waals surface area (Å²) in [6, 6.07) is 18.2. The molecule has 4 rings (SSSR count). The standard InChI is InChI=1S/C24H29N3O2S/c1-17(14-18-10-12-25-13-11-18)26-16-20-7-2-4-8-21(20)27-24(28)29-23-15-19-6-3-5-9-22(19)30-23/h2-9,15,17-18,25-26H,10-14,16H2,1H3,(H,27,28). The Balaban J connectivity index is 1.32. The number of thiophene rings is 1. The fraction of sp³-hybridized carbons (Fsp3) is 0.375. The van der Waals surface area contributed by atoms with Crippen LogP contribution in [0.25, 0.3) is 10.1 Å². The molecule has 5 nitrogen and oxygen atoms in total. The number of benzene rings is 2. The number of fused-ring (bicyclic) bond motifs is 1. The fourth-order valence-corrected chi connectivity index (χ4v) is 4.93. The monoisotopic (exact) mass is 423 g/mol. The summed E-state index contributed by atoms with van der Waals surface area (Å²) in [5.41, 5.74) is 1.84. The first kappa shape index (κ1) is 20.8. The Labute approximate surface area is 181 Å². The second-order valence-corrected chi connectivity index (χ2v) is 9.03. The van der Waals surface area contributed by atoms with Gasteiger partial charge in [-0.05, 0) is 68.3 Å². The number of nitrogens with one attached hydrogen (secondary N) is 3. The predicted octanol–water partition coefficient (Wildman–Crippen LogP) is 5.38. The molecule has 3 aromatic rings. The minimum Gasteiger partial charge on any atom is -0.399 e. The zero-order chi connectivity index (χ0) is 20.8. The molecule has 0 radical (unpaired) electrons. The highest BCUT2D eigenvalue weighted by atomic mass is 32.1. The first-order valence-electron chi connectivity index (χ1n) is 10.7. The molecule has 1 amide bonds. The molecule has 3 N–H and O–H groups in total. The van der Waals surface area contributed by atoms with E-state index in [-0.39, 0.29) is 0 Å². The number of ether oxygens (including phenoxy) is 1. The normalized spacial score (nSPS) is 15.8. The van der Waals surface area contributed by atoms with Crippen LogP contribution in [0.1, 0.15) is 31.7 Å². The first-order chi connectivity index (χ1) is 14.7. The minimum absolute atomic E-state index is 0.437. The summed E-state index contributed by atoms with van der Waals surface area (Å²) in [4.78, 5) is 12.5. The highest BCUT2D eigenvalue weighted by Gasteiger charge is 2.16. The minimum atomic E-state index is -0.461. The molecule has 1 aromatic heterocycles. The van der Waals surface area contributed by atoms with Crippen LogP contribution in [0.2, 0.25) is 0 Å². The van der Waals surface area contributed by atoms with Gasteiger partial charge < -0.3 is 15.4 Å². The third-order valence-corrected chi connectivity index (χ3v) is 6.63. The van der Waals surface area contributed by atoms with Crippen LogP contribution in [-0.2, 0) is 6.54 Å². The smallest absolute Gasteiger partial charge is 0.399 e. The molecule has 0 bridgehead atoms. The van der Waals surface area contributed by atoms with Crippen molar-refractivity contribution in [3.8, 4) is 5.06 Å². The summed E-state index contributed by atoms with van der Waals surface area (Å²) in [7, 11) is 0. The summed E-state index contributed by atoms with van der Waals surface area (Å²) in [5.74, 6) is 0.790. The molecule has 2 heterocycles. The Morgan fingerprint density at radius 3 is 2.77 bits per heavy atom. The lowest BCUT2D eigenvalue weighted by atomic mass is 9.91. The molecule has 1 atom stereocenters. The van der Waals surface area contributed by atoms with Crippen LogP contribution in [-0.4, -0.2) is 25.2 Å². The van der Waals surface area contributed by atoms with E-state index in [1.54, 1.807) is 0 Å². The Kier molecular flexibility index (Phi) is 7.00. The predicted molar refractivity (Wildman–Crippen MR) is 124 cm³/mol. The molecule has 0 saturated carbocycles. The van der Waals surface area contributed by atoms with E-state index in [0.29, 0.717) is 17.6 Å². The van der Waals surface area contributed by atoms with Crippen LogP contribution in [0.15, 0.2) is 54.6 Å². The van der Waals surface area contributed by atoms with Gasteiger partial charge in [-0.2, -0.15) is 0 Å². The van der Waals surface area contributed by atoms with E-state index in [2.05, 4.69) is 22.9 Å². The number of hydrogen-bond donors (Lipinski definition) is 3. The van der Waals surface area contributed by atoms with Crippen LogP contribution < -0.4 is 20.7 Å². The Morgan fingerprint density at radius 2 is 1.93 bits per heavy atom. The van der Waals surface area contributed by atoms with Gasteiger partial charge in [-0.15, -0.1) is 0 Å². The molecule has 2 aromatic carbocycles. The van der Waals surface area contributed by atoms with Crippen LogP contribution >= 0.6 is 11.3 Å². The van der Waals surface area contributed by atoms with Gasteiger partial charge in [-0.25, -0.2) is 4.79 Å². The van der Waals surface area contributed by atoms with Crippen LogP contribution in [0.4, 0.5) is 10.5 Å². The first-order valence-corrected chi connectivity index (χ1v) is 11.5. The molecule has 0 aliphatic carbocycles. The third-order valence-electron chi connectivity index (χ3n) is 5.64. The molecule has 1 saturated heterocycles. The summed E-state index contributed by atoms with van der Waals surface area (Å²) < 4.78 is 6.63. The third kappa shape index (κ3) is 5.59. The number of anilines is 1.